The number of hydrogen-bond acceptors (Lipinski definition) is 10. The number of carboxylic acids is 1. The van der Waals surface area contributed by atoms with E-state index < -0.39 is 110 Å². The summed E-state index contributed by atoms with van der Waals surface area (Å²) >= 11 is 0. The molecule has 0 aliphatic carbocycles. The third-order valence-electron chi connectivity index (χ3n) is 7.32. The van der Waals surface area contributed by atoms with E-state index in [1.807, 2.05) is 0 Å². The van der Waals surface area contributed by atoms with E-state index in [0.29, 0.717) is 11.3 Å². The molecule has 0 radical (unpaired) electrons. The molecule has 10 N–H and O–H groups in total. The normalized spacial score (nSPS) is 20.8. The van der Waals surface area contributed by atoms with Crippen LogP contribution in [0.1, 0.15) is 31.0 Å². The van der Waals surface area contributed by atoms with Gasteiger partial charge in [0.2, 0.25) is 47.3 Å². The molecule has 51 heavy (non-hydrogen) atoms. The molecule has 20 nitrogen and oxygen atoms in total. The van der Waals surface area contributed by atoms with Gasteiger partial charge in [-0.3, -0.25) is 43.2 Å². The Labute approximate surface area is 291 Å². The molecule has 2 aromatic rings. The fraction of sp³-hybridized carbons (Fsp3) is 0.419. The molecule has 0 unspecified atom stereocenters. The van der Waals surface area contributed by atoms with Gasteiger partial charge in [-0.25, -0.2) is 4.98 Å². The van der Waals surface area contributed by atoms with E-state index in [9.17, 15) is 43.2 Å². The second-order valence-electron chi connectivity index (χ2n) is 11.4. The smallest absolute Gasteiger partial charge is 0.322 e. The molecule has 1 aromatic carbocycles. The fourth-order valence-corrected chi connectivity index (χ4v) is 4.75. The van der Waals surface area contributed by atoms with Gasteiger partial charge in [0.05, 0.1) is 25.1 Å². The number of carboxylic acid groups (broad SMARTS) is 1. The number of aromatic nitrogens is 2. The van der Waals surface area contributed by atoms with Crippen molar-refractivity contribution in [3.8, 4) is 0 Å². The van der Waals surface area contributed by atoms with Gasteiger partial charge in [0.15, 0.2) is 0 Å². The molecule has 1 saturated heterocycles. The minimum absolute atomic E-state index is 0.0306. The Kier molecular flexibility index (Phi) is 15.0. The second-order valence-corrected chi connectivity index (χ2v) is 11.4. The molecule has 8 amide bonds. The lowest BCUT2D eigenvalue weighted by atomic mass is 10.0. The predicted molar refractivity (Wildman–Crippen MR) is 175 cm³/mol. The Morgan fingerprint density at radius 3 is 2.22 bits per heavy atom. The molecule has 4 atom stereocenters. The lowest BCUT2D eigenvalue weighted by molar-refractivity contribution is -0.138. The zero-order chi connectivity index (χ0) is 37.3. The van der Waals surface area contributed by atoms with Crippen LogP contribution in [0, 0.1) is 0 Å². The minimum atomic E-state index is -1.48. The van der Waals surface area contributed by atoms with Gasteiger partial charge in [0.25, 0.3) is 0 Å². The Morgan fingerprint density at radius 2 is 1.55 bits per heavy atom. The molecule has 1 aromatic heterocycles. The van der Waals surface area contributed by atoms with Crippen molar-refractivity contribution in [3.05, 3.63) is 54.1 Å². The first-order valence-corrected chi connectivity index (χ1v) is 15.8. The van der Waals surface area contributed by atoms with Gasteiger partial charge in [-0.2, -0.15) is 0 Å². The molecule has 1 fully saturated rings. The highest BCUT2D eigenvalue weighted by molar-refractivity contribution is 5.96. The number of H-pyrrole nitrogens is 1. The lowest BCUT2D eigenvalue weighted by Crippen LogP contribution is -2.59. The van der Waals surface area contributed by atoms with Crippen molar-refractivity contribution in [2.24, 2.45) is 0 Å². The van der Waals surface area contributed by atoms with Gasteiger partial charge in [-0.05, 0) is 12.0 Å². The van der Waals surface area contributed by atoms with E-state index in [2.05, 4.69) is 52.5 Å². The highest BCUT2D eigenvalue weighted by Gasteiger charge is 2.32. The molecule has 1 aliphatic heterocycles. The SMILES string of the molecule is CC(=O)NCC(=O)N[C@H]1CCC(=O)NC[C@@H](C(=O)NCC(=O)O)NC(=O)CNC(=O)[C@@H](Cc2ccccc2)NC(=O)[C@H](Cc2c[nH]cn2)NC1=O. The molecular weight excluding hydrogens is 672 g/mol. The summed E-state index contributed by atoms with van der Waals surface area (Å²) in [6.45, 7) is -1.27. The van der Waals surface area contributed by atoms with Gasteiger partial charge in [-0.1, -0.05) is 30.3 Å². The monoisotopic (exact) mass is 712 g/mol. The quantitative estimate of drug-likeness (QED) is 0.112. The maximum Gasteiger partial charge on any atom is 0.322 e. The summed E-state index contributed by atoms with van der Waals surface area (Å²) in [5.41, 5.74) is 1.01. The highest BCUT2D eigenvalue weighted by Crippen LogP contribution is 2.07. The van der Waals surface area contributed by atoms with Gasteiger partial charge in [-0.15, -0.1) is 0 Å². The number of carbonyl (C=O) groups is 9. The minimum Gasteiger partial charge on any atom is -0.480 e. The van der Waals surface area contributed by atoms with Crippen molar-refractivity contribution in [2.45, 2.75) is 56.8 Å². The molecule has 0 saturated carbocycles. The maximum atomic E-state index is 13.8. The van der Waals surface area contributed by atoms with Gasteiger partial charge in [0, 0.05) is 38.9 Å². The Morgan fingerprint density at radius 1 is 0.843 bits per heavy atom. The van der Waals surface area contributed by atoms with Crippen molar-refractivity contribution in [1.82, 2.24) is 52.5 Å². The van der Waals surface area contributed by atoms with Crippen LogP contribution in [0.2, 0.25) is 0 Å². The summed E-state index contributed by atoms with van der Waals surface area (Å²) < 4.78 is 0. The van der Waals surface area contributed by atoms with Crippen LogP contribution in [-0.4, -0.2) is 119 Å². The average Bonchev–Trinajstić information content (AvgIpc) is 3.61. The largest absolute Gasteiger partial charge is 0.480 e. The van der Waals surface area contributed by atoms with E-state index in [-0.39, 0.29) is 19.3 Å². The number of aromatic amines is 1. The van der Waals surface area contributed by atoms with E-state index in [4.69, 9.17) is 5.11 Å². The zero-order valence-corrected chi connectivity index (χ0v) is 27.6. The number of imidazole rings is 1. The summed E-state index contributed by atoms with van der Waals surface area (Å²) in [6.07, 6.45) is 1.95. The predicted octanol–water partition coefficient (Wildman–Crippen LogP) is -4.50. The van der Waals surface area contributed by atoms with Gasteiger partial charge in [0.1, 0.15) is 30.7 Å². The fourth-order valence-electron chi connectivity index (χ4n) is 4.75. The zero-order valence-electron chi connectivity index (χ0n) is 27.6. The number of amides is 8. The van der Waals surface area contributed by atoms with Crippen LogP contribution in [0.25, 0.3) is 0 Å². The molecule has 274 valence electrons. The summed E-state index contributed by atoms with van der Waals surface area (Å²) in [4.78, 5) is 121. The Balaban J connectivity index is 1.95. The third-order valence-corrected chi connectivity index (χ3v) is 7.32. The number of rotatable bonds is 10. The summed E-state index contributed by atoms with van der Waals surface area (Å²) in [7, 11) is 0. The number of nitrogens with one attached hydrogen (secondary N) is 9. The molecule has 0 bridgehead atoms. The van der Waals surface area contributed by atoms with E-state index >= 15 is 0 Å². The van der Waals surface area contributed by atoms with Crippen LogP contribution in [0.5, 0.6) is 0 Å². The highest BCUT2D eigenvalue weighted by atomic mass is 16.4. The summed E-state index contributed by atoms with van der Waals surface area (Å²) in [5.74, 6) is -7.70. The first-order chi connectivity index (χ1) is 24.3. The molecule has 0 spiro atoms. The number of carbonyl (C=O) groups excluding carboxylic acids is 8. The van der Waals surface area contributed by atoms with Crippen molar-refractivity contribution < 1.29 is 48.3 Å². The Hall–Kier alpha value is -6.34. The van der Waals surface area contributed by atoms with Crippen LogP contribution in [0.4, 0.5) is 0 Å². The topological polar surface area (TPSA) is 299 Å². The van der Waals surface area contributed by atoms with E-state index in [0.717, 1.165) is 0 Å². The Bertz CT molecular complexity index is 1580. The molecule has 2 heterocycles. The van der Waals surface area contributed by atoms with Crippen LogP contribution < -0.4 is 42.5 Å². The van der Waals surface area contributed by atoms with Crippen molar-refractivity contribution in [3.63, 3.8) is 0 Å². The third kappa shape index (κ3) is 14.0. The number of benzene rings is 1. The molecule has 1 aliphatic rings. The first-order valence-electron chi connectivity index (χ1n) is 15.8. The van der Waals surface area contributed by atoms with Gasteiger partial charge >= 0.3 is 5.97 Å². The maximum absolute atomic E-state index is 13.8. The van der Waals surface area contributed by atoms with Crippen LogP contribution in [-0.2, 0) is 56.0 Å². The lowest BCUT2D eigenvalue weighted by Gasteiger charge is -2.26. The van der Waals surface area contributed by atoms with Crippen LogP contribution in [0.3, 0.4) is 0 Å². The second kappa shape index (κ2) is 19.6. The van der Waals surface area contributed by atoms with Crippen molar-refractivity contribution in [2.75, 3.05) is 26.2 Å². The number of nitrogens with zero attached hydrogens (tertiary/aromatic N) is 1. The van der Waals surface area contributed by atoms with Crippen molar-refractivity contribution >= 4 is 53.2 Å². The number of hydrogen-bond donors (Lipinski definition) is 10. The van der Waals surface area contributed by atoms with Gasteiger partial charge < -0.3 is 52.6 Å². The van der Waals surface area contributed by atoms with Crippen LogP contribution >= 0.6 is 0 Å². The number of aliphatic carboxylic acids is 1. The van der Waals surface area contributed by atoms with E-state index in [1.54, 1.807) is 30.3 Å². The summed E-state index contributed by atoms with van der Waals surface area (Å²) in [5, 5.41) is 28.1. The van der Waals surface area contributed by atoms with Crippen molar-refractivity contribution in [1.29, 1.82) is 0 Å². The summed E-state index contributed by atoms with van der Waals surface area (Å²) in [6, 6.07) is 3.11. The van der Waals surface area contributed by atoms with Crippen LogP contribution in [0.15, 0.2) is 42.9 Å². The molecular formula is C31H40N10O10. The molecule has 3 rings (SSSR count). The van der Waals surface area contributed by atoms with E-state index in [1.165, 1.54) is 19.4 Å². The average molecular weight is 713 g/mol. The first kappa shape index (κ1) is 39.1. The standard InChI is InChI=1S/C31H40N10O10/c1-17(42)33-13-25(44)38-20-7-8-24(43)34-12-23(29(49)36-15-27(46)47)39-26(45)14-35-28(48)21(9-18-5-3-2-4-6-18)40-31(51)22(41-30(20)50)10-19-11-32-16-37-19/h2-6,11,16,20-23H,7-10,12-15H2,1H3,(H,32,37)(H,33,42)(H,34,43)(H,35,48)(H,36,49)(H,38,44)(H,39,45)(H,40,51)(H,41,50)(H,46,47)/t20-,21+,22-,23-/m0/s1. The molecule has 20 heteroatoms.